The number of Topliss-reactive ketones (excluding diaryl/α,β-unsaturated/α-hetero) is 1. The minimum atomic E-state index is -0.587. The fourth-order valence-electron chi connectivity index (χ4n) is 4.12. The van der Waals surface area contributed by atoms with Crippen molar-refractivity contribution in [3.05, 3.63) is 35.4 Å². The Balaban J connectivity index is 1.86. The fraction of sp³-hybridized carbons (Fsp3) is 0.368. The lowest BCUT2D eigenvalue weighted by Crippen LogP contribution is -2.39. The van der Waals surface area contributed by atoms with Gasteiger partial charge in [-0.1, -0.05) is 12.1 Å². The highest BCUT2D eigenvalue weighted by molar-refractivity contribution is 6.53. The molecule has 0 aliphatic carbocycles. The van der Waals surface area contributed by atoms with Gasteiger partial charge in [0.2, 0.25) is 0 Å². The molecule has 2 amide bonds. The van der Waals surface area contributed by atoms with Gasteiger partial charge in [-0.2, -0.15) is 0 Å². The van der Waals surface area contributed by atoms with E-state index in [1.807, 2.05) is 4.90 Å². The van der Waals surface area contributed by atoms with Gasteiger partial charge in [-0.15, -0.1) is 0 Å². The first-order chi connectivity index (χ1) is 12.5. The lowest BCUT2D eigenvalue weighted by Gasteiger charge is -2.27. The molecule has 3 aliphatic heterocycles. The van der Waals surface area contributed by atoms with Crippen LogP contribution in [0.3, 0.4) is 0 Å². The lowest BCUT2D eigenvalue weighted by atomic mass is 10.1. The van der Waals surface area contributed by atoms with Crippen LogP contribution in [0.15, 0.2) is 29.8 Å². The van der Waals surface area contributed by atoms with Crippen LogP contribution in [0.2, 0.25) is 0 Å². The number of nitrogens with zero attached hydrogens (tertiary/aromatic N) is 3. The highest BCUT2D eigenvalue weighted by Gasteiger charge is 2.42. The summed E-state index contributed by atoms with van der Waals surface area (Å²) in [5.74, 6) is -1.23. The van der Waals surface area contributed by atoms with E-state index in [1.54, 1.807) is 43.1 Å². The number of rotatable bonds is 1. The summed E-state index contributed by atoms with van der Waals surface area (Å²) >= 11 is 0. The molecule has 2 fully saturated rings. The Morgan fingerprint density at radius 1 is 1.15 bits per heavy atom. The summed E-state index contributed by atoms with van der Waals surface area (Å²) in [7, 11) is 1.56. The minimum absolute atomic E-state index is 0.0460. The molecular weight excluding hydrogens is 332 g/mol. The van der Waals surface area contributed by atoms with Gasteiger partial charge in [0, 0.05) is 26.2 Å². The van der Waals surface area contributed by atoms with Gasteiger partial charge in [-0.3, -0.25) is 19.8 Å². The Kier molecular flexibility index (Phi) is 3.68. The maximum absolute atomic E-state index is 13.2. The Hall–Kier alpha value is -2.96. The summed E-state index contributed by atoms with van der Waals surface area (Å²) in [6.07, 6.45) is 3.52. The number of fused-ring (bicyclic) bond motifs is 2. The van der Waals surface area contributed by atoms with Gasteiger partial charge in [0.15, 0.2) is 0 Å². The standard InChI is InChI=1S/C19H20N4O3/c1-3-12-17(20)22-9-5-6-11(22)10-23(18(12)25)14-8-4-7-13-15(14)16(24)19(26)21(13)2/h3-4,7-8,11,20H,5-6,9-10H2,1-2H3/b12-3+,20-17?/t11-/m0/s1. The van der Waals surface area contributed by atoms with E-state index in [0.717, 1.165) is 19.4 Å². The van der Waals surface area contributed by atoms with Gasteiger partial charge in [-0.25, -0.2) is 0 Å². The van der Waals surface area contributed by atoms with Crippen molar-refractivity contribution in [1.82, 2.24) is 4.90 Å². The molecule has 0 aromatic heterocycles. The predicted molar refractivity (Wildman–Crippen MR) is 97.7 cm³/mol. The van der Waals surface area contributed by atoms with E-state index < -0.39 is 11.7 Å². The van der Waals surface area contributed by atoms with E-state index in [1.165, 1.54) is 4.90 Å². The van der Waals surface area contributed by atoms with Crippen LogP contribution in [0, 0.1) is 5.41 Å². The van der Waals surface area contributed by atoms with E-state index in [9.17, 15) is 14.4 Å². The smallest absolute Gasteiger partial charge is 0.299 e. The molecule has 0 unspecified atom stereocenters. The number of likely N-dealkylation sites (N-methyl/N-ethyl adjacent to an activating group) is 1. The van der Waals surface area contributed by atoms with Crippen LogP contribution in [0.5, 0.6) is 0 Å². The summed E-state index contributed by atoms with van der Waals surface area (Å²) in [6.45, 7) is 2.91. The van der Waals surface area contributed by atoms with Crippen LogP contribution in [-0.4, -0.2) is 54.5 Å². The molecule has 4 rings (SSSR count). The van der Waals surface area contributed by atoms with Crippen molar-refractivity contribution in [2.45, 2.75) is 25.8 Å². The first-order valence-electron chi connectivity index (χ1n) is 8.74. The van der Waals surface area contributed by atoms with Crippen molar-refractivity contribution in [2.24, 2.45) is 0 Å². The van der Waals surface area contributed by atoms with Crippen LogP contribution in [0.1, 0.15) is 30.1 Å². The normalized spacial score (nSPS) is 24.5. The molecule has 7 nitrogen and oxygen atoms in total. The Morgan fingerprint density at radius 2 is 1.88 bits per heavy atom. The van der Waals surface area contributed by atoms with Crippen LogP contribution in [0.25, 0.3) is 0 Å². The summed E-state index contributed by atoms with van der Waals surface area (Å²) in [6, 6.07) is 5.22. The van der Waals surface area contributed by atoms with Crippen molar-refractivity contribution in [1.29, 1.82) is 5.41 Å². The molecule has 0 spiro atoms. The SMILES string of the molecule is C/C=C1\C(=N)N2CCC[C@H]2CN(c2cccc3c2C(=O)C(=O)N3C)C1=O. The van der Waals surface area contributed by atoms with Crippen LogP contribution in [-0.2, 0) is 9.59 Å². The highest BCUT2D eigenvalue weighted by Crippen LogP contribution is 2.37. The molecule has 1 N–H and O–H groups in total. The fourth-order valence-corrected chi connectivity index (χ4v) is 4.12. The predicted octanol–water partition coefficient (Wildman–Crippen LogP) is 1.58. The van der Waals surface area contributed by atoms with Gasteiger partial charge >= 0.3 is 0 Å². The average molecular weight is 352 g/mol. The molecule has 0 saturated carbocycles. The third-order valence-corrected chi connectivity index (χ3v) is 5.48. The molecule has 0 radical (unpaired) electrons. The van der Waals surface area contributed by atoms with Crippen molar-refractivity contribution in [3.63, 3.8) is 0 Å². The number of nitrogens with one attached hydrogen (secondary N) is 1. The topological polar surface area (TPSA) is 84.8 Å². The minimum Gasteiger partial charge on any atom is -0.352 e. The van der Waals surface area contributed by atoms with Gasteiger partial charge in [0.25, 0.3) is 17.6 Å². The second-order valence-electron chi connectivity index (χ2n) is 6.82. The van der Waals surface area contributed by atoms with E-state index in [0.29, 0.717) is 23.5 Å². The highest BCUT2D eigenvalue weighted by atomic mass is 16.2. The number of anilines is 2. The average Bonchev–Trinajstić information content (AvgIpc) is 3.16. The summed E-state index contributed by atoms with van der Waals surface area (Å²) < 4.78 is 0. The first kappa shape index (κ1) is 16.5. The molecule has 134 valence electrons. The van der Waals surface area contributed by atoms with E-state index >= 15 is 0 Å². The van der Waals surface area contributed by atoms with Gasteiger partial charge < -0.3 is 14.7 Å². The number of amides is 2. The second-order valence-corrected chi connectivity index (χ2v) is 6.82. The van der Waals surface area contributed by atoms with E-state index in [2.05, 4.69) is 0 Å². The van der Waals surface area contributed by atoms with E-state index in [4.69, 9.17) is 5.41 Å². The lowest BCUT2D eigenvalue weighted by molar-refractivity contribution is -0.115. The third-order valence-electron chi connectivity index (χ3n) is 5.48. The van der Waals surface area contributed by atoms with Gasteiger partial charge in [-0.05, 0) is 31.9 Å². The first-order valence-corrected chi connectivity index (χ1v) is 8.74. The molecule has 0 bridgehead atoms. The summed E-state index contributed by atoms with van der Waals surface area (Å²) in [4.78, 5) is 42.7. The monoisotopic (exact) mass is 352 g/mol. The van der Waals surface area contributed by atoms with E-state index in [-0.39, 0.29) is 23.3 Å². The van der Waals surface area contributed by atoms with Crippen molar-refractivity contribution in [3.8, 4) is 0 Å². The Labute approximate surface area is 151 Å². The largest absolute Gasteiger partial charge is 0.352 e. The maximum Gasteiger partial charge on any atom is 0.299 e. The quantitative estimate of drug-likeness (QED) is 0.614. The molecule has 3 aliphatic rings. The molecule has 7 heteroatoms. The molecule has 1 atom stereocenters. The zero-order valence-electron chi connectivity index (χ0n) is 14.8. The number of ketones is 1. The van der Waals surface area contributed by atoms with Crippen molar-refractivity contribution >= 4 is 34.8 Å². The molecule has 26 heavy (non-hydrogen) atoms. The molecular formula is C19H20N4O3. The maximum atomic E-state index is 13.2. The molecule has 3 heterocycles. The zero-order chi connectivity index (χ0) is 18.6. The summed E-state index contributed by atoms with van der Waals surface area (Å²) in [5, 5.41) is 8.43. The molecule has 1 aromatic carbocycles. The van der Waals surface area contributed by atoms with Crippen molar-refractivity contribution < 1.29 is 14.4 Å². The van der Waals surface area contributed by atoms with Crippen LogP contribution >= 0.6 is 0 Å². The third kappa shape index (κ3) is 2.13. The van der Waals surface area contributed by atoms with Crippen LogP contribution in [0.4, 0.5) is 11.4 Å². The van der Waals surface area contributed by atoms with Crippen molar-refractivity contribution in [2.75, 3.05) is 29.9 Å². The number of benzene rings is 1. The zero-order valence-corrected chi connectivity index (χ0v) is 14.8. The number of allylic oxidation sites excluding steroid dienone is 1. The van der Waals surface area contributed by atoms with Gasteiger partial charge in [0.1, 0.15) is 5.84 Å². The molecule has 1 aromatic rings. The number of carbonyl (C=O) groups is 3. The second kappa shape index (κ2) is 5.79. The Bertz CT molecular complexity index is 889. The number of amidine groups is 1. The Morgan fingerprint density at radius 3 is 2.62 bits per heavy atom. The summed E-state index contributed by atoms with van der Waals surface area (Å²) in [5.41, 5.74) is 1.59. The number of carbonyl (C=O) groups excluding carboxylic acids is 3. The molecule has 2 saturated heterocycles. The number of hydrogen-bond acceptors (Lipinski definition) is 4. The number of hydrogen-bond donors (Lipinski definition) is 1. The van der Waals surface area contributed by atoms with Gasteiger partial charge in [0.05, 0.1) is 22.5 Å². The van der Waals surface area contributed by atoms with Crippen LogP contribution < -0.4 is 9.80 Å².